The van der Waals surface area contributed by atoms with Gasteiger partial charge in [0.15, 0.2) is 6.61 Å². The van der Waals surface area contributed by atoms with Crippen molar-refractivity contribution in [1.82, 2.24) is 10.0 Å². The second-order valence-electron chi connectivity index (χ2n) is 5.88. The summed E-state index contributed by atoms with van der Waals surface area (Å²) in [6.07, 6.45) is -4.50. The van der Waals surface area contributed by atoms with E-state index in [1.807, 2.05) is 6.92 Å². The van der Waals surface area contributed by atoms with Crippen LogP contribution in [0.1, 0.15) is 11.1 Å². The Kier molecular flexibility index (Phi) is 7.03. The van der Waals surface area contributed by atoms with Gasteiger partial charge in [-0.15, -0.1) is 0 Å². The van der Waals surface area contributed by atoms with E-state index < -0.39 is 34.3 Å². The van der Waals surface area contributed by atoms with Gasteiger partial charge in [-0.25, -0.2) is 13.1 Å². The van der Waals surface area contributed by atoms with Crippen molar-refractivity contribution in [2.45, 2.75) is 18.0 Å². The van der Waals surface area contributed by atoms with Gasteiger partial charge in [0.05, 0.1) is 10.5 Å². The molecule has 1 amide bonds. The molecule has 0 aliphatic carbocycles. The van der Waals surface area contributed by atoms with Crippen LogP contribution in [-0.4, -0.2) is 34.0 Å². The van der Waals surface area contributed by atoms with Gasteiger partial charge in [-0.2, -0.15) is 13.2 Å². The molecule has 6 nitrogen and oxygen atoms in total. The Hall–Kier alpha value is -2.59. The number of hydrogen-bond acceptors (Lipinski definition) is 4. The highest BCUT2D eigenvalue weighted by Gasteiger charge is 2.30. The molecule has 10 heteroatoms. The smallest absolute Gasteiger partial charge is 0.416 e. The number of alkyl halides is 3. The maximum atomic E-state index is 12.6. The molecule has 0 fully saturated rings. The topological polar surface area (TPSA) is 84.5 Å². The van der Waals surface area contributed by atoms with Crippen molar-refractivity contribution in [3.63, 3.8) is 0 Å². The molecule has 2 rings (SSSR count). The summed E-state index contributed by atoms with van der Waals surface area (Å²) in [6, 6.07) is 10.4. The summed E-state index contributed by atoms with van der Waals surface area (Å²) in [5, 5.41) is 2.42. The molecule has 152 valence electrons. The third-order valence-electron chi connectivity index (χ3n) is 3.60. The second kappa shape index (κ2) is 9.07. The number of rotatable bonds is 8. The van der Waals surface area contributed by atoms with Gasteiger partial charge in [0.2, 0.25) is 10.0 Å². The van der Waals surface area contributed by atoms with Crippen LogP contribution in [0.4, 0.5) is 13.2 Å². The Morgan fingerprint density at radius 3 is 2.39 bits per heavy atom. The summed E-state index contributed by atoms with van der Waals surface area (Å²) in [5.74, 6) is -0.683. The summed E-state index contributed by atoms with van der Waals surface area (Å²) in [4.78, 5) is 11.8. The normalized spacial score (nSPS) is 11.9. The van der Waals surface area contributed by atoms with Gasteiger partial charge < -0.3 is 10.1 Å². The van der Waals surface area contributed by atoms with Gasteiger partial charge in [-0.05, 0) is 37.3 Å². The molecule has 2 N–H and O–H groups in total. The number of aryl methyl sites for hydroxylation is 1. The standard InChI is InChI=1S/C18H19F3N2O4S/c1-13-5-7-16(8-6-13)28(25,26)23-10-9-22-17(24)12-27-15-4-2-3-14(11-15)18(19,20)21/h2-8,11,23H,9-10,12H2,1H3,(H,22,24). The van der Waals surface area contributed by atoms with Crippen LogP contribution in [0.15, 0.2) is 53.4 Å². The number of sulfonamides is 1. The van der Waals surface area contributed by atoms with E-state index in [2.05, 4.69) is 10.0 Å². The molecule has 0 radical (unpaired) electrons. The van der Waals surface area contributed by atoms with Crippen LogP contribution >= 0.6 is 0 Å². The average Bonchev–Trinajstić information content (AvgIpc) is 2.63. The molecule has 0 atom stereocenters. The fourth-order valence-corrected chi connectivity index (χ4v) is 3.18. The molecule has 0 aliphatic heterocycles. The van der Waals surface area contributed by atoms with Gasteiger partial charge in [-0.3, -0.25) is 4.79 Å². The van der Waals surface area contributed by atoms with E-state index in [0.717, 1.165) is 17.7 Å². The number of hydrogen-bond donors (Lipinski definition) is 2. The molecule has 0 heterocycles. The van der Waals surface area contributed by atoms with Gasteiger partial charge in [0.1, 0.15) is 5.75 Å². The Labute approximate surface area is 160 Å². The van der Waals surface area contributed by atoms with E-state index in [0.29, 0.717) is 0 Å². The molecule has 0 aliphatic rings. The summed E-state index contributed by atoms with van der Waals surface area (Å²) in [6.45, 7) is 1.29. The number of carbonyl (C=O) groups is 1. The Balaban J connectivity index is 1.75. The van der Waals surface area contributed by atoms with Crippen LogP contribution in [0.5, 0.6) is 5.75 Å². The molecule has 2 aromatic carbocycles. The molecule has 0 bridgehead atoms. The highest BCUT2D eigenvalue weighted by atomic mass is 32.2. The molecule has 0 aromatic heterocycles. The highest BCUT2D eigenvalue weighted by Crippen LogP contribution is 2.31. The van der Waals surface area contributed by atoms with Crippen molar-refractivity contribution in [1.29, 1.82) is 0 Å². The summed E-state index contributed by atoms with van der Waals surface area (Å²) in [7, 11) is -3.69. The van der Waals surface area contributed by atoms with Crippen molar-refractivity contribution < 1.29 is 31.1 Å². The molecular formula is C18H19F3N2O4S. The lowest BCUT2D eigenvalue weighted by atomic mass is 10.2. The largest absolute Gasteiger partial charge is 0.484 e. The van der Waals surface area contributed by atoms with Crippen molar-refractivity contribution in [3.05, 3.63) is 59.7 Å². The summed E-state index contributed by atoms with van der Waals surface area (Å²) in [5.41, 5.74) is 0.0444. The number of halogens is 3. The quantitative estimate of drug-likeness (QED) is 0.648. The number of carbonyl (C=O) groups excluding carboxylic acids is 1. The van der Waals surface area contributed by atoms with Crippen LogP contribution in [0, 0.1) is 6.92 Å². The van der Waals surface area contributed by atoms with Crippen molar-refractivity contribution in [2.24, 2.45) is 0 Å². The predicted molar refractivity (Wildman–Crippen MR) is 96.3 cm³/mol. The van der Waals surface area contributed by atoms with Crippen molar-refractivity contribution in [3.8, 4) is 5.75 Å². The maximum absolute atomic E-state index is 12.6. The van der Waals surface area contributed by atoms with E-state index >= 15 is 0 Å². The predicted octanol–water partition coefficient (Wildman–Crippen LogP) is 2.49. The zero-order valence-corrected chi connectivity index (χ0v) is 15.7. The minimum atomic E-state index is -4.50. The number of nitrogens with one attached hydrogen (secondary N) is 2. The minimum Gasteiger partial charge on any atom is -0.484 e. The Morgan fingerprint density at radius 1 is 1.07 bits per heavy atom. The Bertz CT molecular complexity index is 913. The van der Waals surface area contributed by atoms with Crippen LogP contribution in [0.2, 0.25) is 0 Å². The minimum absolute atomic E-state index is 0.00409. The second-order valence-corrected chi connectivity index (χ2v) is 7.64. The van der Waals surface area contributed by atoms with Crippen molar-refractivity contribution in [2.75, 3.05) is 19.7 Å². The number of ether oxygens (including phenoxy) is 1. The summed E-state index contributed by atoms with van der Waals surface area (Å²) >= 11 is 0. The van der Waals surface area contributed by atoms with E-state index in [4.69, 9.17) is 4.74 Å². The fraction of sp³-hybridized carbons (Fsp3) is 0.278. The van der Waals surface area contributed by atoms with Crippen LogP contribution < -0.4 is 14.8 Å². The Morgan fingerprint density at radius 2 is 1.75 bits per heavy atom. The lowest BCUT2D eigenvalue weighted by molar-refractivity contribution is -0.137. The molecule has 28 heavy (non-hydrogen) atoms. The molecule has 2 aromatic rings. The lowest BCUT2D eigenvalue weighted by Gasteiger charge is -2.11. The monoisotopic (exact) mass is 416 g/mol. The third kappa shape index (κ3) is 6.54. The SMILES string of the molecule is Cc1ccc(S(=O)(=O)NCCNC(=O)COc2cccc(C(F)(F)F)c2)cc1. The molecule has 0 saturated heterocycles. The van der Waals surface area contributed by atoms with Gasteiger partial charge in [0.25, 0.3) is 5.91 Å². The molecule has 0 unspecified atom stereocenters. The van der Waals surface area contributed by atoms with E-state index in [1.165, 1.54) is 24.3 Å². The first-order valence-corrected chi connectivity index (χ1v) is 9.69. The molecular weight excluding hydrogens is 397 g/mol. The molecule has 0 spiro atoms. The highest BCUT2D eigenvalue weighted by molar-refractivity contribution is 7.89. The van der Waals surface area contributed by atoms with Crippen LogP contribution in [-0.2, 0) is 21.0 Å². The van der Waals surface area contributed by atoms with E-state index in [-0.39, 0.29) is 23.7 Å². The zero-order chi connectivity index (χ0) is 20.8. The lowest BCUT2D eigenvalue weighted by Crippen LogP contribution is -2.36. The van der Waals surface area contributed by atoms with E-state index in [9.17, 15) is 26.4 Å². The average molecular weight is 416 g/mol. The number of amides is 1. The van der Waals surface area contributed by atoms with E-state index in [1.54, 1.807) is 12.1 Å². The first-order valence-electron chi connectivity index (χ1n) is 8.21. The molecule has 0 saturated carbocycles. The van der Waals surface area contributed by atoms with Crippen LogP contribution in [0.25, 0.3) is 0 Å². The van der Waals surface area contributed by atoms with Crippen LogP contribution in [0.3, 0.4) is 0 Å². The zero-order valence-electron chi connectivity index (χ0n) is 14.9. The maximum Gasteiger partial charge on any atom is 0.416 e. The third-order valence-corrected chi connectivity index (χ3v) is 5.08. The summed E-state index contributed by atoms with van der Waals surface area (Å²) < 4.78 is 69.4. The first-order chi connectivity index (χ1) is 13.1. The fourth-order valence-electron chi connectivity index (χ4n) is 2.15. The van der Waals surface area contributed by atoms with Gasteiger partial charge >= 0.3 is 6.18 Å². The van der Waals surface area contributed by atoms with Gasteiger partial charge in [-0.1, -0.05) is 23.8 Å². The number of benzene rings is 2. The van der Waals surface area contributed by atoms with Crippen molar-refractivity contribution >= 4 is 15.9 Å². The first kappa shape index (κ1) is 21.7. The van der Waals surface area contributed by atoms with Gasteiger partial charge in [0, 0.05) is 13.1 Å².